The van der Waals surface area contributed by atoms with Crippen molar-refractivity contribution in [2.45, 2.75) is 26.2 Å². The van der Waals surface area contributed by atoms with Crippen molar-refractivity contribution in [1.29, 1.82) is 0 Å². The third kappa shape index (κ3) is 2.62. The lowest BCUT2D eigenvalue weighted by Crippen LogP contribution is -1.90. The van der Waals surface area contributed by atoms with Crippen LogP contribution in [-0.4, -0.2) is 0 Å². The summed E-state index contributed by atoms with van der Waals surface area (Å²) in [7, 11) is 0. The zero-order valence-corrected chi connectivity index (χ0v) is 7.01. The Morgan fingerprint density at radius 1 is 1.36 bits per heavy atom. The molecular weight excluding hydrogens is 134 g/mol. The molecule has 0 unspecified atom stereocenters. The van der Waals surface area contributed by atoms with Gasteiger partial charge in [-0.05, 0) is 18.9 Å². The number of nitrogens with two attached hydrogens (primary N) is 1. The molecule has 1 aliphatic carbocycles. The molecule has 0 atom stereocenters. The fraction of sp³-hybridized carbons (Fsp3) is 0.400. The van der Waals surface area contributed by atoms with Gasteiger partial charge in [-0.3, -0.25) is 0 Å². The Kier molecular flexibility index (Phi) is 2.96. The van der Waals surface area contributed by atoms with Crippen LogP contribution in [0.15, 0.2) is 35.6 Å². The molecule has 1 heteroatoms. The van der Waals surface area contributed by atoms with Crippen molar-refractivity contribution in [3.8, 4) is 0 Å². The Morgan fingerprint density at radius 3 is 2.91 bits per heavy atom. The summed E-state index contributed by atoms with van der Waals surface area (Å²) < 4.78 is 0. The lowest BCUT2D eigenvalue weighted by atomic mass is 10.1. The van der Waals surface area contributed by atoms with Crippen LogP contribution in [0.3, 0.4) is 0 Å². The Labute approximate surface area is 68.3 Å². The van der Waals surface area contributed by atoms with Crippen LogP contribution in [0.5, 0.6) is 0 Å². The summed E-state index contributed by atoms with van der Waals surface area (Å²) in [5, 5.41) is 0. The van der Waals surface area contributed by atoms with E-state index in [0.717, 1.165) is 18.5 Å². The molecule has 0 saturated carbocycles. The molecule has 0 heterocycles. The zero-order chi connectivity index (χ0) is 8.10. The fourth-order valence-electron chi connectivity index (χ4n) is 1.16. The summed E-state index contributed by atoms with van der Waals surface area (Å²) in [4.78, 5) is 0. The second kappa shape index (κ2) is 4.02. The Morgan fingerprint density at radius 2 is 2.18 bits per heavy atom. The highest BCUT2D eigenvalue weighted by Crippen LogP contribution is 2.12. The normalized spacial score (nSPS) is 17.2. The molecule has 0 fully saturated rings. The van der Waals surface area contributed by atoms with Gasteiger partial charge in [-0.25, -0.2) is 0 Å². The van der Waals surface area contributed by atoms with E-state index in [9.17, 15) is 0 Å². The van der Waals surface area contributed by atoms with Gasteiger partial charge in [0.1, 0.15) is 0 Å². The van der Waals surface area contributed by atoms with Gasteiger partial charge < -0.3 is 5.73 Å². The second-order valence-corrected chi connectivity index (χ2v) is 2.80. The SMILES string of the molecule is CCCC1=CCC=C(N)C=C1. The van der Waals surface area contributed by atoms with Gasteiger partial charge in [0.2, 0.25) is 0 Å². The molecule has 0 aliphatic heterocycles. The maximum absolute atomic E-state index is 5.63. The first-order valence-corrected chi connectivity index (χ1v) is 4.15. The molecule has 0 aromatic rings. The van der Waals surface area contributed by atoms with Crippen molar-refractivity contribution in [1.82, 2.24) is 0 Å². The van der Waals surface area contributed by atoms with E-state index in [4.69, 9.17) is 5.73 Å². The minimum Gasteiger partial charge on any atom is -0.399 e. The summed E-state index contributed by atoms with van der Waals surface area (Å²) in [5.41, 5.74) is 7.92. The topological polar surface area (TPSA) is 26.0 Å². The van der Waals surface area contributed by atoms with E-state index >= 15 is 0 Å². The summed E-state index contributed by atoms with van der Waals surface area (Å²) in [6, 6.07) is 0. The molecule has 0 amide bonds. The highest BCUT2D eigenvalue weighted by molar-refractivity contribution is 5.30. The number of allylic oxidation sites excluding steroid dienone is 5. The largest absolute Gasteiger partial charge is 0.399 e. The van der Waals surface area contributed by atoms with Crippen LogP contribution in [0.2, 0.25) is 0 Å². The highest BCUT2D eigenvalue weighted by atomic mass is 14.5. The first kappa shape index (κ1) is 8.12. The summed E-state index contributed by atoms with van der Waals surface area (Å²) >= 11 is 0. The Balaban J connectivity index is 2.58. The standard InChI is InChI=1S/C10H15N/c1-2-4-9-5-3-6-10(11)8-7-9/h5-8H,2-4,11H2,1H3. The minimum atomic E-state index is 0.882. The molecule has 60 valence electrons. The van der Waals surface area contributed by atoms with E-state index in [2.05, 4.69) is 19.1 Å². The van der Waals surface area contributed by atoms with E-state index in [1.807, 2.05) is 12.2 Å². The number of hydrogen-bond donors (Lipinski definition) is 1. The smallest absolute Gasteiger partial charge is 0.0276 e. The van der Waals surface area contributed by atoms with Gasteiger partial charge in [0.05, 0.1) is 0 Å². The minimum absolute atomic E-state index is 0.882. The van der Waals surface area contributed by atoms with Gasteiger partial charge in [-0.1, -0.05) is 37.1 Å². The third-order valence-corrected chi connectivity index (χ3v) is 1.76. The summed E-state index contributed by atoms with van der Waals surface area (Å²) in [5.74, 6) is 0. The lowest BCUT2D eigenvalue weighted by molar-refractivity contribution is 0.922. The molecule has 1 rings (SSSR count). The molecule has 2 N–H and O–H groups in total. The molecule has 1 nitrogen and oxygen atoms in total. The number of rotatable bonds is 2. The van der Waals surface area contributed by atoms with Crippen LogP contribution in [0.25, 0.3) is 0 Å². The molecule has 0 spiro atoms. The Bertz CT molecular complexity index is 209. The van der Waals surface area contributed by atoms with Gasteiger partial charge in [-0.2, -0.15) is 0 Å². The quantitative estimate of drug-likeness (QED) is 0.641. The van der Waals surface area contributed by atoms with Gasteiger partial charge >= 0.3 is 0 Å². The van der Waals surface area contributed by atoms with E-state index < -0.39 is 0 Å². The van der Waals surface area contributed by atoms with Crippen LogP contribution < -0.4 is 5.73 Å². The molecule has 0 saturated heterocycles. The molecule has 0 aromatic carbocycles. The highest BCUT2D eigenvalue weighted by Gasteiger charge is 1.93. The third-order valence-electron chi connectivity index (χ3n) is 1.76. The monoisotopic (exact) mass is 149 g/mol. The Hall–Kier alpha value is -0.980. The van der Waals surface area contributed by atoms with E-state index in [1.54, 1.807) is 0 Å². The molecule has 1 aliphatic rings. The lowest BCUT2D eigenvalue weighted by Gasteiger charge is -1.95. The van der Waals surface area contributed by atoms with Crippen molar-refractivity contribution in [3.63, 3.8) is 0 Å². The number of hydrogen-bond acceptors (Lipinski definition) is 1. The maximum atomic E-state index is 5.63. The zero-order valence-electron chi connectivity index (χ0n) is 7.01. The molecule has 0 bridgehead atoms. The van der Waals surface area contributed by atoms with Crippen molar-refractivity contribution in [2.75, 3.05) is 0 Å². The van der Waals surface area contributed by atoms with Crippen molar-refractivity contribution in [2.24, 2.45) is 5.73 Å². The van der Waals surface area contributed by atoms with Gasteiger partial charge in [0.15, 0.2) is 0 Å². The molecular formula is C10H15N. The maximum Gasteiger partial charge on any atom is 0.0276 e. The van der Waals surface area contributed by atoms with Gasteiger partial charge in [0.25, 0.3) is 0 Å². The van der Waals surface area contributed by atoms with Gasteiger partial charge in [0, 0.05) is 5.70 Å². The van der Waals surface area contributed by atoms with Crippen LogP contribution >= 0.6 is 0 Å². The summed E-state index contributed by atoms with van der Waals surface area (Å²) in [6.45, 7) is 2.19. The van der Waals surface area contributed by atoms with Crippen molar-refractivity contribution in [3.05, 3.63) is 35.6 Å². The fourth-order valence-corrected chi connectivity index (χ4v) is 1.16. The first-order chi connectivity index (χ1) is 5.33. The predicted octanol–water partition coefficient (Wildman–Crippen LogP) is 2.52. The molecule has 0 radical (unpaired) electrons. The van der Waals surface area contributed by atoms with Crippen molar-refractivity contribution >= 4 is 0 Å². The average molecular weight is 149 g/mol. The van der Waals surface area contributed by atoms with Crippen LogP contribution in [0, 0.1) is 0 Å². The van der Waals surface area contributed by atoms with Crippen LogP contribution in [0.1, 0.15) is 26.2 Å². The van der Waals surface area contributed by atoms with E-state index in [0.29, 0.717) is 0 Å². The van der Waals surface area contributed by atoms with Gasteiger partial charge in [-0.15, -0.1) is 0 Å². The van der Waals surface area contributed by atoms with Crippen LogP contribution in [0.4, 0.5) is 0 Å². The average Bonchev–Trinajstić information content (AvgIpc) is 2.17. The predicted molar refractivity (Wildman–Crippen MR) is 49.0 cm³/mol. The molecule has 0 aromatic heterocycles. The van der Waals surface area contributed by atoms with Crippen LogP contribution in [-0.2, 0) is 0 Å². The van der Waals surface area contributed by atoms with Crippen molar-refractivity contribution < 1.29 is 0 Å². The van der Waals surface area contributed by atoms with E-state index in [1.165, 1.54) is 12.0 Å². The van der Waals surface area contributed by atoms with E-state index in [-0.39, 0.29) is 0 Å². The second-order valence-electron chi connectivity index (χ2n) is 2.80. The summed E-state index contributed by atoms with van der Waals surface area (Å²) in [6.07, 6.45) is 11.7. The first-order valence-electron chi connectivity index (χ1n) is 4.15. The molecule has 11 heavy (non-hydrogen) atoms.